The van der Waals surface area contributed by atoms with Crippen LogP contribution in [0, 0.1) is 0 Å². The number of benzene rings is 6. The second-order valence-corrected chi connectivity index (χ2v) is 27.5. The summed E-state index contributed by atoms with van der Waals surface area (Å²) in [7, 11) is 0. The van der Waals surface area contributed by atoms with Crippen molar-refractivity contribution in [2.75, 3.05) is 52.6 Å². The minimum absolute atomic E-state index is 0.0256. The van der Waals surface area contributed by atoms with Crippen molar-refractivity contribution in [3.05, 3.63) is 194 Å². The normalized spacial score (nSPS) is 14.8. The summed E-state index contributed by atoms with van der Waals surface area (Å²) < 4.78 is 43.6. The number of carbonyl (C=O) groups excluding carboxylic acids is 4. The fourth-order valence-electron chi connectivity index (χ4n) is 11.3. The monoisotopic (exact) mass is 1250 g/mol. The summed E-state index contributed by atoms with van der Waals surface area (Å²) in [6, 6.07) is 43.8. The van der Waals surface area contributed by atoms with E-state index in [9.17, 15) is 28.5 Å². The number of fused-ring (bicyclic) bond motifs is 8. The SMILES string of the molecule is CCOC(=O)c1c[nH]c2ccc(OC3CCN(C(=O)OCC4c5ccccc5-c5ccccc54)CC3)cc2c1=O.CCOC(=O)c1cnc2ccc(OC3CCN(C(=O)OCC4c5ccccc5-c5ccccc54)CC3)cc2c1Cl.O=P(Cl)(Cl)Cl. The Morgan fingerprint density at radius 1 is 0.565 bits per heavy atom. The molecular formula is C64H59Cl4N4O12P. The average Bonchev–Trinajstić information content (AvgIpc) is 2.56. The summed E-state index contributed by atoms with van der Waals surface area (Å²) in [5.41, 5.74) is 10.6. The van der Waals surface area contributed by atoms with Gasteiger partial charge >= 0.3 is 29.3 Å². The summed E-state index contributed by atoms with van der Waals surface area (Å²) in [5.74, 6) is 0.0789. The van der Waals surface area contributed by atoms with E-state index in [-0.39, 0.29) is 60.6 Å². The van der Waals surface area contributed by atoms with Crippen LogP contribution in [0.25, 0.3) is 44.1 Å². The lowest BCUT2D eigenvalue weighted by Gasteiger charge is -2.32. The number of hydrogen-bond acceptors (Lipinski definition) is 13. The van der Waals surface area contributed by atoms with E-state index < -0.39 is 22.6 Å². The molecule has 2 aromatic heterocycles. The molecule has 2 aliphatic carbocycles. The highest BCUT2D eigenvalue weighted by Crippen LogP contribution is 2.61. The van der Waals surface area contributed by atoms with Crippen LogP contribution in [-0.2, 0) is 23.5 Å². The number of hydrogen-bond donors (Lipinski definition) is 1. The number of nitrogens with one attached hydrogen (secondary N) is 1. The first-order chi connectivity index (χ1) is 41.1. The zero-order chi connectivity index (χ0) is 59.8. The van der Waals surface area contributed by atoms with Crippen molar-refractivity contribution < 1.29 is 52.2 Å². The van der Waals surface area contributed by atoms with Gasteiger partial charge in [-0.05, 0) is 128 Å². The van der Waals surface area contributed by atoms with Crippen molar-refractivity contribution in [3.8, 4) is 33.8 Å². The van der Waals surface area contributed by atoms with Gasteiger partial charge in [0.15, 0.2) is 0 Å². The molecule has 0 spiro atoms. The van der Waals surface area contributed by atoms with E-state index in [0.717, 1.165) is 0 Å². The lowest BCUT2D eigenvalue weighted by Crippen LogP contribution is -2.42. The standard InChI is InChI=1S/C32H29ClN2O5.C32H30N2O6.Cl3OP/c1-2-38-31(36)27-18-34-29-12-11-21(17-26(29)30(27)33)40-20-13-15-35(16-14-20)32(37)39-19-28-24-9-5-3-7-22(24)23-8-4-6-10-25(23)28;1-2-38-31(36)27-18-33-29-12-11-21(17-26(29)30(27)35)40-20-13-15-34(16-14-20)32(37)39-19-28-24-9-5-3-7-22(24)23-8-4-6-10-25(23)28;1-5(2,3)4/h3-12,17-18,20,28H,2,13-16,19H2,1H3;3-12,17-18,20,28H,2,13-16,19H2,1H3,(H,33,35);. The van der Waals surface area contributed by atoms with Crippen LogP contribution in [-0.4, -0.2) is 109 Å². The van der Waals surface area contributed by atoms with Crippen LogP contribution in [0.3, 0.4) is 0 Å². The molecule has 85 heavy (non-hydrogen) atoms. The van der Waals surface area contributed by atoms with Gasteiger partial charge < -0.3 is 43.2 Å². The number of nitrogens with zero attached hydrogens (tertiary/aromatic N) is 3. The van der Waals surface area contributed by atoms with E-state index in [2.05, 4.69) is 92.2 Å². The molecule has 8 aromatic rings. The Hall–Kier alpha value is -7.59. The molecule has 2 fully saturated rings. The van der Waals surface area contributed by atoms with Crippen LogP contribution in [0.2, 0.25) is 5.02 Å². The van der Waals surface area contributed by atoms with E-state index in [1.54, 1.807) is 47.9 Å². The first kappa shape index (κ1) is 60.5. The minimum atomic E-state index is -3.22. The lowest BCUT2D eigenvalue weighted by molar-refractivity contribution is 0.0515. The summed E-state index contributed by atoms with van der Waals surface area (Å²) in [6.45, 7) is 6.60. The van der Waals surface area contributed by atoms with Gasteiger partial charge in [0.1, 0.15) is 42.5 Å². The number of piperidine rings is 2. The number of aromatic nitrogens is 2. The molecule has 2 aliphatic heterocycles. The van der Waals surface area contributed by atoms with E-state index in [4.69, 9.17) is 40.0 Å². The molecule has 440 valence electrons. The molecule has 21 heteroatoms. The van der Waals surface area contributed by atoms with Gasteiger partial charge in [-0.15, -0.1) is 0 Å². The number of likely N-dealkylation sites (tertiary alicyclic amines) is 2. The van der Waals surface area contributed by atoms with Crippen molar-refractivity contribution >= 4 is 96.5 Å². The Bertz CT molecular complexity index is 3800. The van der Waals surface area contributed by atoms with Crippen molar-refractivity contribution in [3.63, 3.8) is 0 Å². The van der Waals surface area contributed by atoms with E-state index in [0.29, 0.717) is 103 Å². The summed E-state index contributed by atoms with van der Waals surface area (Å²) in [5, 5.41) is -1.95. The molecule has 2 saturated heterocycles. The molecule has 0 unspecified atom stereocenters. The number of carbonyl (C=O) groups is 4. The second-order valence-electron chi connectivity index (χ2n) is 20.5. The number of ether oxygens (including phenoxy) is 6. The topological polar surface area (TPSA) is 193 Å². The van der Waals surface area contributed by atoms with Gasteiger partial charge in [0, 0.05) is 87.0 Å². The Balaban J connectivity index is 0.000000175. The van der Waals surface area contributed by atoms with Crippen LogP contribution < -0.4 is 14.9 Å². The highest BCUT2D eigenvalue weighted by atomic mass is 36.0. The van der Waals surface area contributed by atoms with Gasteiger partial charge in [-0.1, -0.05) is 109 Å². The number of esters is 2. The van der Waals surface area contributed by atoms with Gasteiger partial charge in [-0.25, -0.2) is 19.2 Å². The summed E-state index contributed by atoms with van der Waals surface area (Å²) in [4.78, 5) is 73.9. The third kappa shape index (κ3) is 14.2. The van der Waals surface area contributed by atoms with Gasteiger partial charge in [-0.3, -0.25) is 14.3 Å². The van der Waals surface area contributed by atoms with Crippen molar-refractivity contribution in [1.82, 2.24) is 19.8 Å². The van der Waals surface area contributed by atoms with Crippen molar-refractivity contribution in [1.29, 1.82) is 0 Å². The molecule has 0 bridgehead atoms. The van der Waals surface area contributed by atoms with E-state index >= 15 is 0 Å². The molecule has 0 radical (unpaired) electrons. The lowest BCUT2D eigenvalue weighted by atomic mass is 9.98. The van der Waals surface area contributed by atoms with Crippen molar-refractivity contribution in [2.45, 2.75) is 63.6 Å². The molecular weight excluding hydrogens is 1190 g/mol. The van der Waals surface area contributed by atoms with Gasteiger partial charge in [0.25, 0.3) is 0 Å². The number of aromatic amines is 1. The maximum absolute atomic E-state index is 13.0. The molecule has 4 heterocycles. The van der Waals surface area contributed by atoms with Crippen LogP contribution >= 0.6 is 50.5 Å². The van der Waals surface area contributed by atoms with Crippen LogP contribution in [0.1, 0.15) is 94.3 Å². The number of halogens is 4. The van der Waals surface area contributed by atoms with E-state index in [1.807, 2.05) is 60.7 Å². The minimum Gasteiger partial charge on any atom is -0.490 e. The maximum Gasteiger partial charge on any atom is 0.409 e. The Morgan fingerprint density at radius 2 is 0.965 bits per heavy atom. The van der Waals surface area contributed by atoms with Crippen LogP contribution in [0.15, 0.2) is 151 Å². The molecule has 4 aliphatic rings. The highest BCUT2D eigenvalue weighted by molar-refractivity contribution is 8.24. The molecule has 1 N–H and O–H groups in total. The molecule has 12 rings (SSSR count). The van der Waals surface area contributed by atoms with Crippen molar-refractivity contribution in [2.24, 2.45) is 0 Å². The number of H-pyrrole nitrogens is 1. The van der Waals surface area contributed by atoms with Gasteiger partial charge in [0.05, 0.1) is 34.7 Å². The number of amides is 2. The molecule has 6 aromatic carbocycles. The second kappa shape index (κ2) is 27.2. The van der Waals surface area contributed by atoms with Gasteiger partial charge in [0.2, 0.25) is 5.43 Å². The smallest absolute Gasteiger partial charge is 0.409 e. The number of pyridine rings is 2. The van der Waals surface area contributed by atoms with Gasteiger partial charge in [-0.2, -0.15) is 0 Å². The fraction of sp³-hybridized carbons (Fsp3) is 0.281. The van der Waals surface area contributed by atoms with E-state index in [1.165, 1.54) is 56.9 Å². The zero-order valence-electron chi connectivity index (χ0n) is 46.4. The molecule has 2 amide bonds. The maximum atomic E-state index is 13.0. The first-order valence-electron chi connectivity index (χ1n) is 27.9. The summed E-state index contributed by atoms with van der Waals surface area (Å²) >= 11 is 20.4. The predicted molar refractivity (Wildman–Crippen MR) is 329 cm³/mol. The fourth-order valence-corrected chi connectivity index (χ4v) is 11.5. The van der Waals surface area contributed by atoms with Crippen LogP contribution in [0.5, 0.6) is 11.5 Å². The average molecular weight is 1250 g/mol. The molecule has 0 saturated carbocycles. The molecule has 16 nitrogen and oxygen atoms in total. The van der Waals surface area contributed by atoms with Crippen LogP contribution in [0.4, 0.5) is 9.59 Å². The quantitative estimate of drug-likeness (QED) is 0.0690. The largest absolute Gasteiger partial charge is 0.490 e. The third-order valence-electron chi connectivity index (χ3n) is 15.3. The number of rotatable bonds is 12. The Labute approximate surface area is 509 Å². The highest BCUT2D eigenvalue weighted by Gasteiger charge is 2.33. The zero-order valence-corrected chi connectivity index (χ0v) is 50.3. The molecule has 0 atom stereocenters. The predicted octanol–water partition coefficient (Wildman–Crippen LogP) is 15.2. The first-order valence-corrected chi connectivity index (χ1v) is 32.7. The third-order valence-corrected chi connectivity index (χ3v) is 15.7. The summed E-state index contributed by atoms with van der Waals surface area (Å²) in [6.07, 6.45) is 4.67. The Kier molecular flexibility index (Phi) is 19.4. The Morgan fingerprint density at radius 3 is 1.40 bits per heavy atom.